The molecule has 0 radical (unpaired) electrons. The quantitative estimate of drug-likeness (QED) is 0.0226. The second kappa shape index (κ2) is 40.9. The van der Waals surface area contributed by atoms with Crippen molar-refractivity contribution in [2.45, 2.75) is 79.1 Å². The van der Waals surface area contributed by atoms with Gasteiger partial charge in [-0.3, -0.25) is 77.8 Å². The molecule has 0 atom stereocenters. The summed E-state index contributed by atoms with van der Waals surface area (Å²) >= 11 is 0. The molecule has 0 saturated heterocycles. The molecule has 0 unspecified atom stereocenters. The van der Waals surface area contributed by atoms with E-state index in [1.165, 1.54) is 6.33 Å². The molecule has 0 spiro atoms. The average Bonchev–Trinajstić information content (AvgIpc) is 1.65. The molecule has 704 valence electrons. The number of carbonyl (C=O) groups is 4. The molecule has 8 N–H and O–H groups in total. The highest BCUT2D eigenvalue weighted by Crippen LogP contribution is 2.33. The fraction of sp³-hybridized carbons (Fsp3) is 0.111. The summed E-state index contributed by atoms with van der Waals surface area (Å²) < 4.78 is 7.54. The average molecular weight is 1900 g/mol. The van der Waals surface area contributed by atoms with Gasteiger partial charge in [0, 0.05) is 211 Å². The molecule has 20 heterocycles. The van der Waals surface area contributed by atoms with Gasteiger partial charge in [0.25, 0.3) is 0 Å². The molecule has 4 aromatic carbocycles. The molecule has 144 heavy (non-hydrogen) atoms. The molecule has 24 aromatic rings. The maximum atomic E-state index is 12.7. The van der Waals surface area contributed by atoms with Gasteiger partial charge in [-0.1, -0.05) is 97.1 Å². The van der Waals surface area contributed by atoms with E-state index in [0.29, 0.717) is 62.2 Å². The van der Waals surface area contributed by atoms with Gasteiger partial charge in [-0.05, 0) is 158 Å². The van der Waals surface area contributed by atoms with Crippen LogP contribution in [0.3, 0.4) is 0 Å². The van der Waals surface area contributed by atoms with Crippen LogP contribution in [0, 0.1) is 27.7 Å². The van der Waals surface area contributed by atoms with Crippen LogP contribution in [0.2, 0.25) is 0 Å². The summed E-state index contributed by atoms with van der Waals surface area (Å²) in [5.41, 5.74) is 28.0. The summed E-state index contributed by atoms with van der Waals surface area (Å²) in [4.78, 5) is 134. The molecule has 0 aliphatic carbocycles. The van der Waals surface area contributed by atoms with E-state index in [2.05, 4.69) is 142 Å². The number of rotatable bonds is 28. The van der Waals surface area contributed by atoms with Crippen LogP contribution in [0.15, 0.2) is 319 Å². The lowest BCUT2D eigenvalue weighted by atomic mass is 10.0. The Hall–Kier alpha value is -19.7. The number of aromatic amines is 8. The lowest BCUT2D eigenvalue weighted by molar-refractivity contribution is -0.118. The van der Waals surface area contributed by atoms with Crippen molar-refractivity contribution in [1.82, 2.24) is 159 Å². The molecule has 0 fully saturated rings. The SMILES string of the molecule is Cc1cn(-c2nccc3[nH]c(-c4ccc(CC(=O)Cc5cc(-c6cccnc6)n[nH]5)cc4)cc23)cn1.Cc1cn(-c2nccc3[nH]c(-c4ccc(CC(=O)Cc5cc(-c6cccnc6)n[nH]5)cc4)nc23)cn1.Cc1cn(-c2ncnc3[nH]c(-c4ccc(CC(=O)Cc5cc(-c6cccnc6)n[nH]5)cc4)cc23)cn1.Cc1cn(-c2ncnc3nc(-c4ccc(CC(=O)Cc5cc(-c6cccnc6)n[nH]5)cc4)[nH]c23)cn1. The molecule has 0 aliphatic heterocycles. The first-order valence-corrected chi connectivity index (χ1v) is 46.1. The lowest BCUT2D eigenvalue weighted by Gasteiger charge is -2.03. The first-order chi connectivity index (χ1) is 70.5. The zero-order valence-electron chi connectivity index (χ0n) is 78.0. The Balaban J connectivity index is 0.000000113. The molecule has 0 aliphatic rings. The normalized spacial score (nSPS) is 11.2. The Bertz CT molecular complexity index is 7650. The fourth-order valence-electron chi connectivity index (χ4n) is 16.9. The zero-order valence-corrected chi connectivity index (χ0v) is 78.0. The number of hydrogen-bond donors (Lipinski definition) is 8. The van der Waals surface area contributed by atoms with E-state index >= 15 is 0 Å². The van der Waals surface area contributed by atoms with Gasteiger partial charge in [-0.2, -0.15) is 20.4 Å². The Morgan fingerprint density at radius 3 is 1.05 bits per heavy atom. The van der Waals surface area contributed by atoms with Crippen LogP contribution in [0.25, 0.3) is 158 Å². The molecular formula is C108H88N32O4. The number of H-pyrrole nitrogens is 8. The van der Waals surface area contributed by atoms with E-state index in [1.807, 2.05) is 259 Å². The minimum Gasteiger partial charge on any atom is -0.354 e. The third-order valence-electron chi connectivity index (χ3n) is 23.9. The van der Waals surface area contributed by atoms with Gasteiger partial charge < -0.3 is 19.9 Å². The molecule has 20 aromatic heterocycles. The van der Waals surface area contributed by atoms with Crippen molar-refractivity contribution in [3.8, 4) is 114 Å². The molecule has 0 saturated carbocycles. The summed E-state index contributed by atoms with van der Waals surface area (Å²) in [5, 5.41) is 31.0. The van der Waals surface area contributed by atoms with Crippen molar-refractivity contribution >= 4 is 67.3 Å². The minimum atomic E-state index is 0.100. The number of benzene rings is 4. The predicted octanol–water partition coefficient (Wildman–Crippen LogP) is 17.0. The van der Waals surface area contributed by atoms with E-state index in [-0.39, 0.29) is 29.6 Å². The number of pyridine rings is 6. The van der Waals surface area contributed by atoms with Crippen molar-refractivity contribution in [3.05, 3.63) is 387 Å². The molecular weight excluding hydrogens is 1810 g/mol. The largest absolute Gasteiger partial charge is 0.354 e. The summed E-state index contributed by atoms with van der Waals surface area (Å²) in [7, 11) is 0. The van der Waals surface area contributed by atoms with E-state index in [4.69, 9.17) is 4.98 Å². The minimum absolute atomic E-state index is 0.100. The Morgan fingerprint density at radius 1 is 0.292 bits per heavy atom. The first-order valence-electron chi connectivity index (χ1n) is 46.1. The van der Waals surface area contributed by atoms with E-state index in [9.17, 15) is 19.2 Å². The number of hydrogen-bond acceptors (Lipinski definition) is 24. The number of aryl methyl sites for hydroxylation is 4. The Morgan fingerprint density at radius 2 is 0.646 bits per heavy atom. The number of imidazole rings is 6. The highest BCUT2D eigenvalue weighted by Gasteiger charge is 2.22. The van der Waals surface area contributed by atoms with Gasteiger partial charge in [0.2, 0.25) is 0 Å². The Kier molecular flexibility index (Phi) is 25.8. The van der Waals surface area contributed by atoms with Gasteiger partial charge in [-0.25, -0.2) is 59.8 Å². The van der Waals surface area contributed by atoms with Crippen molar-refractivity contribution < 1.29 is 19.2 Å². The maximum Gasteiger partial charge on any atom is 0.183 e. The van der Waals surface area contributed by atoms with Gasteiger partial charge in [0.05, 0.1) is 62.0 Å². The van der Waals surface area contributed by atoms with Crippen LogP contribution in [0.4, 0.5) is 0 Å². The van der Waals surface area contributed by atoms with Crippen molar-refractivity contribution in [2.75, 3.05) is 0 Å². The van der Waals surface area contributed by atoms with Gasteiger partial charge >= 0.3 is 0 Å². The molecule has 36 heteroatoms. The number of aromatic nitrogens is 32. The number of fused-ring (bicyclic) bond motifs is 4. The van der Waals surface area contributed by atoms with Gasteiger partial charge in [-0.15, -0.1) is 0 Å². The molecule has 36 nitrogen and oxygen atoms in total. The third-order valence-corrected chi connectivity index (χ3v) is 23.9. The number of nitrogens with one attached hydrogen (secondary N) is 8. The van der Waals surface area contributed by atoms with Gasteiger partial charge in [0.15, 0.2) is 23.1 Å². The highest BCUT2D eigenvalue weighted by atomic mass is 16.1. The summed E-state index contributed by atoms with van der Waals surface area (Å²) in [6.07, 6.45) is 37.7. The molecule has 0 amide bonds. The van der Waals surface area contributed by atoms with E-state index < -0.39 is 0 Å². The number of Topliss-reactive ketones (excluding diaryl/α,β-unsaturated/α-hetero) is 4. The second-order valence-electron chi connectivity index (χ2n) is 34.6. The lowest BCUT2D eigenvalue weighted by Crippen LogP contribution is -2.06. The topological polar surface area (TPSA) is 472 Å². The van der Waals surface area contributed by atoms with Crippen LogP contribution in [-0.2, 0) is 70.5 Å². The number of nitrogens with zero attached hydrogens (tertiary/aromatic N) is 24. The fourth-order valence-corrected chi connectivity index (χ4v) is 16.9. The smallest absolute Gasteiger partial charge is 0.183 e. The Labute approximate surface area is 819 Å². The zero-order chi connectivity index (χ0) is 97.9. The van der Waals surface area contributed by atoms with Crippen LogP contribution in [0.1, 0.15) is 67.8 Å². The molecule has 24 rings (SSSR count). The van der Waals surface area contributed by atoms with Crippen LogP contribution < -0.4 is 0 Å². The van der Waals surface area contributed by atoms with Gasteiger partial charge in [0.1, 0.15) is 95.2 Å². The van der Waals surface area contributed by atoms with E-state index in [1.54, 1.807) is 93.6 Å². The molecule has 0 bridgehead atoms. The van der Waals surface area contributed by atoms with Crippen LogP contribution >= 0.6 is 0 Å². The number of carbonyl (C=O) groups excluding carboxylic acids is 4. The predicted molar refractivity (Wildman–Crippen MR) is 542 cm³/mol. The highest BCUT2D eigenvalue weighted by molar-refractivity contribution is 5.93. The summed E-state index contributed by atoms with van der Waals surface area (Å²) in [6, 6.07) is 62.6. The summed E-state index contributed by atoms with van der Waals surface area (Å²) in [6.45, 7) is 7.76. The second-order valence-corrected chi connectivity index (χ2v) is 34.6. The van der Waals surface area contributed by atoms with Crippen LogP contribution in [-0.4, -0.2) is 182 Å². The van der Waals surface area contributed by atoms with Crippen molar-refractivity contribution in [3.63, 3.8) is 0 Å². The first kappa shape index (κ1) is 90.8. The van der Waals surface area contributed by atoms with Crippen molar-refractivity contribution in [1.29, 1.82) is 0 Å². The standard InChI is InChI=1S/C28H23N7O.2C27H22N8O.C26H21N9O/c1-18-16-35(17-31-18)28-24-14-26(32-25(24)8-10-30-28)20-6-4-19(5-7-20)11-23(36)12-22-13-27(34-33-22)21-3-2-9-29-15-21;1-17-15-35(16-30-17)27-25-23(8-10-29-27)31-26(32-25)19-6-4-18(5-7-19)11-22(36)12-21-13-24(34-33-21)20-3-2-9-28-14-20;1-17-14-35(16-31-17)27-23-12-24(32-26(23)29-15-30-27)19-6-4-18(5-7-19)9-22(36)10-21-11-25(34-33-21)20-3-2-8-28-13-20;1-16-13-35(15-30-16)26-23-25(28-14-29-26)32-24(31-23)18-6-4-17(5-7-18)9-21(36)10-20-11-22(34-33-20)19-3-2-8-27-12-19/h2-10,13-17,32H,11-12H2,1H3,(H,33,34);2-10,13-16H,11-12H2,1H3,(H,31,32)(H,33,34);2-8,11-16H,9-10H2,1H3,(H,33,34)(H,29,30,32);2-8,11-15H,9-10H2,1H3,(H,33,34)(H,28,29,31,32). The number of ketones is 4. The van der Waals surface area contributed by atoms with E-state index in [0.717, 1.165) is 208 Å². The summed E-state index contributed by atoms with van der Waals surface area (Å²) in [5.74, 6) is 4.90. The van der Waals surface area contributed by atoms with Crippen molar-refractivity contribution in [2.24, 2.45) is 0 Å². The maximum absolute atomic E-state index is 12.7. The monoisotopic (exact) mass is 1900 g/mol. The van der Waals surface area contributed by atoms with Crippen LogP contribution in [0.5, 0.6) is 0 Å². The third kappa shape index (κ3) is 21.1.